The van der Waals surface area contributed by atoms with E-state index in [9.17, 15) is 14.7 Å². The highest BCUT2D eigenvalue weighted by Gasteiger charge is 2.44. The Balaban J connectivity index is 2.07. The normalized spacial score (nSPS) is 21.5. The summed E-state index contributed by atoms with van der Waals surface area (Å²) in [4.78, 5) is 23.3. The molecule has 1 fully saturated rings. The van der Waals surface area contributed by atoms with E-state index in [0.29, 0.717) is 12.3 Å². The molecule has 1 aromatic carbocycles. The van der Waals surface area contributed by atoms with Crippen LogP contribution >= 0.6 is 0 Å². The highest BCUT2D eigenvalue weighted by Crippen LogP contribution is 2.20. The molecule has 0 aromatic heterocycles. The highest BCUT2D eigenvalue weighted by molar-refractivity contribution is 5.94. The molecular formula is C14H18N2O4. The van der Waals surface area contributed by atoms with Gasteiger partial charge in [-0.25, -0.2) is 9.59 Å². The molecule has 0 aliphatic carbocycles. The Morgan fingerprint density at radius 3 is 2.65 bits per heavy atom. The van der Waals surface area contributed by atoms with Crippen LogP contribution in [0, 0.1) is 13.8 Å². The van der Waals surface area contributed by atoms with Crippen molar-refractivity contribution in [2.24, 2.45) is 0 Å². The number of anilines is 1. The Morgan fingerprint density at radius 1 is 1.35 bits per heavy atom. The SMILES string of the molecule is Cc1ccc(NC(=O)NC2(C(=O)O)CCOC2)c(C)c1. The van der Waals surface area contributed by atoms with Gasteiger partial charge in [0.2, 0.25) is 0 Å². The molecule has 3 N–H and O–H groups in total. The van der Waals surface area contributed by atoms with Gasteiger partial charge < -0.3 is 20.5 Å². The largest absolute Gasteiger partial charge is 0.479 e. The van der Waals surface area contributed by atoms with Crippen molar-refractivity contribution in [1.82, 2.24) is 5.32 Å². The third-order valence-electron chi connectivity index (χ3n) is 3.41. The van der Waals surface area contributed by atoms with Crippen LogP contribution in [0.2, 0.25) is 0 Å². The lowest BCUT2D eigenvalue weighted by Crippen LogP contribution is -2.56. The van der Waals surface area contributed by atoms with Crippen LogP contribution in [0.25, 0.3) is 0 Å². The summed E-state index contributed by atoms with van der Waals surface area (Å²) in [5, 5.41) is 14.4. The van der Waals surface area contributed by atoms with E-state index >= 15 is 0 Å². The average Bonchev–Trinajstić information content (AvgIpc) is 2.82. The van der Waals surface area contributed by atoms with Crippen molar-refractivity contribution in [1.29, 1.82) is 0 Å². The number of hydrogen-bond acceptors (Lipinski definition) is 3. The summed E-state index contributed by atoms with van der Waals surface area (Å²) in [6.07, 6.45) is 0.267. The van der Waals surface area contributed by atoms with Crippen LogP contribution < -0.4 is 10.6 Å². The number of amides is 2. The summed E-state index contributed by atoms with van der Waals surface area (Å²) >= 11 is 0. The van der Waals surface area contributed by atoms with Gasteiger partial charge in [-0.15, -0.1) is 0 Å². The predicted molar refractivity (Wildman–Crippen MR) is 73.9 cm³/mol. The van der Waals surface area contributed by atoms with E-state index in [4.69, 9.17) is 4.74 Å². The van der Waals surface area contributed by atoms with Crippen molar-refractivity contribution in [3.63, 3.8) is 0 Å². The van der Waals surface area contributed by atoms with E-state index < -0.39 is 17.5 Å². The fraction of sp³-hybridized carbons (Fsp3) is 0.429. The van der Waals surface area contributed by atoms with Crippen LogP contribution in [0.4, 0.5) is 10.5 Å². The predicted octanol–water partition coefficient (Wildman–Crippen LogP) is 1.67. The molecule has 6 nitrogen and oxygen atoms in total. The third kappa shape index (κ3) is 2.91. The minimum Gasteiger partial charge on any atom is -0.479 e. The molecule has 1 atom stereocenters. The molecule has 1 saturated heterocycles. The number of aliphatic carboxylic acids is 1. The van der Waals surface area contributed by atoms with Gasteiger partial charge in [0.15, 0.2) is 5.54 Å². The van der Waals surface area contributed by atoms with E-state index in [1.54, 1.807) is 6.07 Å². The smallest absolute Gasteiger partial charge is 0.332 e. The van der Waals surface area contributed by atoms with Crippen molar-refractivity contribution >= 4 is 17.7 Å². The standard InChI is InChI=1S/C14H18N2O4/c1-9-3-4-11(10(2)7-9)15-13(19)16-14(12(17)18)5-6-20-8-14/h3-4,7H,5-6,8H2,1-2H3,(H,17,18)(H2,15,16,19). The molecule has 1 aromatic rings. The van der Waals surface area contributed by atoms with Crippen LogP contribution in [0.3, 0.4) is 0 Å². The van der Waals surface area contributed by atoms with Crippen molar-refractivity contribution in [2.75, 3.05) is 18.5 Å². The molecule has 0 radical (unpaired) electrons. The average molecular weight is 278 g/mol. The molecule has 0 saturated carbocycles. The maximum absolute atomic E-state index is 12.0. The van der Waals surface area contributed by atoms with Gasteiger partial charge in [0, 0.05) is 18.7 Å². The Kier molecular flexibility index (Phi) is 3.94. The van der Waals surface area contributed by atoms with Crippen LogP contribution in [0.5, 0.6) is 0 Å². The highest BCUT2D eigenvalue weighted by atomic mass is 16.5. The molecule has 1 aliphatic heterocycles. The first-order chi connectivity index (χ1) is 9.43. The first kappa shape index (κ1) is 14.3. The fourth-order valence-electron chi connectivity index (χ4n) is 2.21. The zero-order valence-electron chi connectivity index (χ0n) is 11.5. The van der Waals surface area contributed by atoms with E-state index in [1.807, 2.05) is 26.0 Å². The van der Waals surface area contributed by atoms with Crippen molar-refractivity contribution < 1.29 is 19.4 Å². The van der Waals surface area contributed by atoms with Crippen molar-refractivity contribution in [3.05, 3.63) is 29.3 Å². The summed E-state index contributed by atoms with van der Waals surface area (Å²) in [7, 11) is 0. The molecule has 108 valence electrons. The Labute approximate surface area is 117 Å². The van der Waals surface area contributed by atoms with Gasteiger partial charge in [0.05, 0.1) is 6.61 Å². The zero-order valence-corrected chi connectivity index (χ0v) is 11.5. The molecule has 20 heavy (non-hydrogen) atoms. The number of urea groups is 1. The van der Waals surface area contributed by atoms with Gasteiger partial charge >= 0.3 is 12.0 Å². The topological polar surface area (TPSA) is 87.7 Å². The molecule has 0 bridgehead atoms. The summed E-state index contributed by atoms with van der Waals surface area (Å²) < 4.78 is 5.09. The van der Waals surface area contributed by atoms with Crippen LogP contribution in [-0.2, 0) is 9.53 Å². The minimum absolute atomic E-state index is 0.0113. The molecule has 2 amide bonds. The Morgan fingerprint density at radius 2 is 2.10 bits per heavy atom. The van der Waals surface area contributed by atoms with Gasteiger partial charge in [-0.1, -0.05) is 17.7 Å². The summed E-state index contributed by atoms with van der Waals surface area (Å²) in [5.41, 5.74) is 1.35. The number of nitrogens with one attached hydrogen (secondary N) is 2. The van der Waals surface area contributed by atoms with Crippen LogP contribution in [0.1, 0.15) is 17.5 Å². The molecule has 6 heteroatoms. The summed E-state index contributed by atoms with van der Waals surface area (Å²) in [6, 6.07) is 5.09. The minimum atomic E-state index is -1.33. The van der Waals surface area contributed by atoms with Crippen molar-refractivity contribution in [2.45, 2.75) is 25.8 Å². The van der Waals surface area contributed by atoms with E-state index in [-0.39, 0.29) is 13.0 Å². The summed E-state index contributed by atoms with van der Waals surface area (Å²) in [5.74, 6) is -1.08. The van der Waals surface area contributed by atoms with Gasteiger partial charge in [0.1, 0.15) is 0 Å². The maximum atomic E-state index is 12.0. The van der Waals surface area contributed by atoms with Crippen LogP contribution in [-0.4, -0.2) is 35.9 Å². The number of carbonyl (C=O) groups is 2. The van der Waals surface area contributed by atoms with Gasteiger partial charge in [-0.3, -0.25) is 0 Å². The second-order valence-corrected chi connectivity index (χ2v) is 5.09. The first-order valence-corrected chi connectivity index (χ1v) is 6.40. The molecule has 1 aliphatic rings. The number of aryl methyl sites for hydroxylation is 2. The Bertz CT molecular complexity index is 536. The zero-order chi connectivity index (χ0) is 14.8. The number of hydrogen-bond donors (Lipinski definition) is 3. The first-order valence-electron chi connectivity index (χ1n) is 6.40. The fourth-order valence-corrected chi connectivity index (χ4v) is 2.21. The number of ether oxygens (including phenoxy) is 1. The quantitative estimate of drug-likeness (QED) is 0.784. The van der Waals surface area contributed by atoms with E-state index in [2.05, 4.69) is 10.6 Å². The summed E-state index contributed by atoms with van der Waals surface area (Å²) in [6.45, 7) is 4.17. The van der Waals surface area contributed by atoms with E-state index in [0.717, 1.165) is 11.1 Å². The molecule has 1 heterocycles. The van der Waals surface area contributed by atoms with Gasteiger partial charge in [-0.2, -0.15) is 0 Å². The van der Waals surface area contributed by atoms with Crippen molar-refractivity contribution in [3.8, 4) is 0 Å². The lowest BCUT2D eigenvalue weighted by Gasteiger charge is -2.24. The molecule has 0 spiro atoms. The number of carboxylic acids is 1. The molecule has 1 unspecified atom stereocenters. The lowest BCUT2D eigenvalue weighted by molar-refractivity contribution is -0.144. The molecular weight excluding hydrogens is 260 g/mol. The van der Waals surface area contributed by atoms with Gasteiger partial charge in [0.25, 0.3) is 0 Å². The second kappa shape index (κ2) is 5.50. The van der Waals surface area contributed by atoms with Crippen LogP contribution in [0.15, 0.2) is 18.2 Å². The monoisotopic (exact) mass is 278 g/mol. The second-order valence-electron chi connectivity index (χ2n) is 5.09. The number of benzene rings is 1. The number of carboxylic acid groups (broad SMARTS) is 1. The Hall–Kier alpha value is -2.08. The van der Waals surface area contributed by atoms with Gasteiger partial charge in [-0.05, 0) is 25.5 Å². The third-order valence-corrected chi connectivity index (χ3v) is 3.41. The number of rotatable bonds is 3. The lowest BCUT2D eigenvalue weighted by atomic mass is 9.99. The number of carbonyl (C=O) groups excluding carboxylic acids is 1. The molecule has 2 rings (SSSR count). The van der Waals surface area contributed by atoms with E-state index in [1.165, 1.54) is 0 Å². The maximum Gasteiger partial charge on any atom is 0.332 e.